The Morgan fingerprint density at radius 2 is 2.20 bits per heavy atom. The number of methoxy groups -OCH3 is 1. The Hall–Kier alpha value is -1.85. The average molecular weight is 309 g/mol. The van der Waals surface area contributed by atoms with Crippen LogP contribution < -0.4 is 10.2 Å². The molecule has 1 heterocycles. The molecule has 1 aromatic carbocycles. The molecular weight excluding hydrogens is 296 g/mol. The molecule has 0 spiro atoms. The Balaban J connectivity index is 2.07. The maximum absolute atomic E-state index is 12.0. The average Bonchev–Trinajstić information content (AvgIpc) is 2.84. The summed E-state index contributed by atoms with van der Waals surface area (Å²) in [5.74, 6) is 0.206. The van der Waals surface area contributed by atoms with Crippen LogP contribution in [0.4, 0.5) is 0 Å². The summed E-state index contributed by atoms with van der Waals surface area (Å²) in [6.07, 6.45) is 1.55. The van der Waals surface area contributed by atoms with E-state index in [1.54, 1.807) is 24.4 Å². The maximum Gasteiger partial charge on any atom is 0.275 e. The fourth-order valence-electron chi connectivity index (χ4n) is 1.60. The Kier molecular flexibility index (Phi) is 4.76. The number of nitrogens with zero attached hydrogens (tertiary/aromatic N) is 1. The first-order chi connectivity index (χ1) is 9.60. The van der Waals surface area contributed by atoms with E-state index in [2.05, 4.69) is 10.5 Å². The molecule has 0 saturated carbocycles. The lowest BCUT2D eigenvalue weighted by Gasteiger charge is -2.07. The standard InChI is InChI=1S/C14H13ClN2O2S/c1-9-3-5-11(12(7-9)19-2)14(18)17-16-8-10-4-6-13(15)20-10/h3-8H,1-2H3,(H,17,18)/b16-8+. The highest BCUT2D eigenvalue weighted by Crippen LogP contribution is 2.20. The first kappa shape index (κ1) is 14.6. The minimum absolute atomic E-state index is 0.319. The smallest absolute Gasteiger partial charge is 0.275 e. The van der Waals surface area contributed by atoms with Gasteiger partial charge in [-0.05, 0) is 36.8 Å². The molecule has 2 rings (SSSR count). The maximum atomic E-state index is 12.0. The summed E-state index contributed by atoms with van der Waals surface area (Å²) >= 11 is 7.19. The summed E-state index contributed by atoms with van der Waals surface area (Å²) in [7, 11) is 1.53. The highest BCUT2D eigenvalue weighted by Gasteiger charge is 2.11. The summed E-state index contributed by atoms with van der Waals surface area (Å²) in [5, 5.41) is 3.90. The van der Waals surface area contributed by atoms with Crippen molar-refractivity contribution >= 4 is 35.1 Å². The number of rotatable bonds is 4. The second kappa shape index (κ2) is 6.54. The summed E-state index contributed by atoms with van der Waals surface area (Å²) in [6.45, 7) is 1.93. The Labute approximate surface area is 126 Å². The molecule has 0 fully saturated rings. The highest BCUT2D eigenvalue weighted by atomic mass is 35.5. The zero-order valence-corrected chi connectivity index (χ0v) is 12.6. The van der Waals surface area contributed by atoms with E-state index in [-0.39, 0.29) is 5.91 Å². The topological polar surface area (TPSA) is 50.7 Å². The lowest BCUT2D eigenvalue weighted by Crippen LogP contribution is -2.18. The number of hydrogen-bond donors (Lipinski definition) is 1. The normalized spacial score (nSPS) is 10.8. The predicted octanol–water partition coefficient (Wildman–Crippen LogP) is 3.48. The highest BCUT2D eigenvalue weighted by molar-refractivity contribution is 7.17. The second-order valence-electron chi connectivity index (χ2n) is 4.04. The molecule has 1 amide bonds. The van der Waals surface area contributed by atoms with E-state index < -0.39 is 0 Å². The molecule has 1 aromatic heterocycles. The molecule has 6 heteroatoms. The van der Waals surface area contributed by atoms with Crippen LogP contribution in [0.25, 0.3) is 0 Å². The minimum atomic E-state index is -0.319. The van der Waals surface area contributed by atoms with Crippen molar-refractivity contribution in [2.75, 3.05) is 7.11 Å². The van der Waals surface area contributed by atoms with E-state index in [1.165, 1.54) is 18.4 Å². The van der Waals surface area contributed by atoms with Gasteiger partial charge < -0.3 is 4.74 Å². The van der Waals surface area contributed by atoms with Gasteiger partial charge in [-0.25, -0.2) is 5.43 Å². The van der Waals surface area contributed by atoms with Gasteiger partial charge in [-0.15, -0.1) is 11.3 Å². The van der Waals surface area contributed by atoms with E-state index in [0.717, 1.165) is 10.4 Å². The third-order valence-electron chi connectivity index (χ3n) is 2.55. The van der Waals surface area contributed by atoms with Gasteiger partial charge in [-0.3, -0.25) is 4.79 Å². The van der Waals surface area contributed by atoms with Crippen molar-refractivity contribution in [3.8, 4) is 5.75 Å². The fourth-order valence-corrected chi connectivity index (χ4v) is 2.53. The molecule has 104 valence electrons. The fraction of sp³-hybridized carbons (Fsp3) is 0.143. The Morgan fingerprint density at radius 1 is 1.40 bits per heavy atom. The number of thiophene rings is 1. The summed E-state index contributed by atoms with van der Waals surface area (Å²) in [4.78, 5) is 12.9. The molecule has 20 heavy (non-hydrogen) atoms. The van der Waals surface area contributed by atoms with Crippen molar-refractivity contribution in [1.29, 1.82) is 0 Å². The number of nitrogens with one attached hydrogen (secondary N) is 1. The molecule has 0 aliphatic carbocycles. The van der Waals surface area contributed by atoms with Crippen LogP contribution in [-0.2, 0) is 0 Å². The van der Waals surface area contributed by atoms with Gasteiger partial charge in [0.25, 0.3) is 5.91 Å². The molecule has 0 bridgehead atoms. The van der Waals surface area contributed by atoms with Gasteiger partial charge >= 0.3 is 0 Å². The number of hydrogen-bond acceptors (Lipinski definition) is 4. The van der Waals surface area contributed by atoms with Crippen molar-refractivity contribution in [3.05, 3.63) is 50.7 Å². The molecule has 0 saturated heterocycles. The van der Waals surface area contributed by atoms with Crippen molar-refractivity contribution in [1.82, 2.24) is 5.43 Å². The number of hydrazone groups is 1. The van der Waals surface area contributed by atoms with E-state index in [4.69, 9.17) is 16.3 Å². The number of halogens is 1. The Morgan fingerprint density at radius 3 is 2.85 bits per heavy atom. The number of amides is 1. The van der Waals surface area contributed by atoms with E-state index in [1.807, 2.05) is 19.1 Å². The number of carbonyl (C=O) groups excluding carboxylic acids is 1. The van der Waals surface area contributed by atoms with Gasteiger partial charge in [-0.1, -0.05) is 17.7 Å². The van der Waals surface area contributed by atoms with E-state index in [0.29, 0.717) is 15.6 Å². The monoisotopic (exact) mass is 308 g/mol. The van der Waals surface area contributed by atoms with Crippen LogP contribution >= 0.6 is 22.9 Å². The van der Waals surface area contributed by atoms with Crippen molar-refractivity contribution < 1.29 is 9.53 Å². The first-order valence-corrected chi connectivity index (χ1v) is 7.03. The number of aryl methyl sites for hydroxylation is 1. The van der Waals surface area contributed by atoms with Gasteiger partial charge in [0.15, 0.2) is 0 Å². The van der Waals surface area contributed by atoms with Crippen LogP contribution in [0.5, 0.6) is 5.75 Å². The molecule has 0 aliphatic heterocycles. The largest absolute Gasteiger partial charge is 0.496 e. The van der Waals surface area contributed by atoms with E-state index >= 15 is 0 Å². The molecule has 0 aliphatic rings. The minimum Gasteiger partial charge on any atom is -0.496 e. The van der Waals surface area contributed by atoms with Crippen LogP contribution in [0, 0.1) is 6.92 Å². The second-order valence-corrected chi connectivity index (χ2v) is 5.79. The van der Waals surface area contributed by atoms with E-state index in [9.17, 15) is 4.79 Å². The zero-order valence-electron chi connectivity index (χ0n) is 11.0. The third kappa shape index (κ3) is 3.59. The van der Waals surface area contributed by atoms with Crippen LogP contribution in [0.15, 0.2) is 35.4 Å². The predicted molar refractivity (Wildman–Crippen MR) is 82.1 cm³/mol. The number of benzene rings is 1. The van der Waals surface area contributed by atoms with Gasteiger partial charge in [0, 0.05) is 4.88 Å². The number of ether oxygens (including phenoxy) is 1. The first-order valence-electron chi connectivity index (χ1n) is 5.83. The summed E-state index contributed by atoms with van der Waals surface area (Å²) < 4.78 is 5.87. The van der Waals surface area contributed by atoms with Crippen LogP contribution in [0.3, 0.4) is 0 Å². The van der Waals surface area contributed by atoms with Crippen molar-refractivity contribution in [2.24, 2.45) is 5.10 Å². The number of carbonyl (C=O) groups is 1. The molecule has 0 unspecified atom stereocenters. The lowest BCUT2D eigenvalue weighted by atomic mass is 10.1. The molecule has 4 nitrogen and oxygen atoms in total. The van der Waals surface area contributed by atoms with Gasteiger partial charge in [-0.2, -0.15) is 5.10 Å². The summed E-state index contributed by atoms with van der Waals surface area (Å²) in [6, 6.07) is 8.96. The van der Waals surface area contributed by atoms with Gasteiger partial charge in [0.1, 0.15) is 5.75 Å². The quantitative estimate of drug-likeness (QED) is 0.694. The van der Waals surface area contributed by atoms with Crippen LogP contribution in [0.1, 0.15) is 20.8 Å². The van der Waals surface area contributed by atoms with Crippen LogP contribution in [0.2, 0.25) is 4.34 Å². The molecular formula is C14H13ClN2O2S. The van der Waals surface area contributed by atoms with Gasteiger partial charge in [0.2, 0.25) is 0 Å². The van der Waals surface area contributed by atoms with Crippen molar-refractivity contribution in [2.45, 2.75) is 6.92 Å². The van der Waals surface area contributed by atoms with Crippen molar-refractivity contribution in [3.63, 3.8) is 0 Å². The molecule has 2 aromatic rings. The van der Waals surface area contributed by atoms with Crippen LogP contribution in [-0.4, -0.2) is 19.2 Å². The lowest BCUT2D eigenvalue weighted by molar-refractivity contribution is 0.0952. The molecule has 1 N–H and O–H groups in total. The SMILES string of the molecule is COc1cc(C)ccc1C(=O)N/N=C/c1ccc(Cl)s1. The third-order valence-corrected chi connectivity index (χ3v) is 3.72. The zero-order chi connectivity index (χ0) is 14.5. The molecule has 0 radical (unpaired) electrons. The Bertz CT molecular complexity index is 652. The van der Waals surface area contributed by atoms with Gasteiger partial charge in [0.05, 0.1) is 23.2 Å². The molecule has 0 atom stereocenters. The summed E-state index contributed by atoms with van der Waals surface area (Å²) in [5.41, 5.74) is 3.93.